The van der Waals surface area contributed by atoms with Crippen LogP contribution in [0.5, 0.6) is 0 Å². The first-order valence-corrected chi connectivity index (χ1v) is 6.65. The number of nitrogens with one attached hydrogen (secondary N) is 1. The maximum absolute atomic E-state index is 5.67. The molecule has 0 radical (unpaired) electrons. The summed E-state index contributed by atoms with van der Waals surface area (Å²) in [6.07, 6.45) is 1.36. The fraction of sp³-hybridized carbons (Fsp3) is 0.800. The van der Waals surface area contributed by atoms with E-state index in [1.165, 1.54) is 11.5 Å². The second-order valence-corrected chi connectivity index (χ2v) is 5.08. The number of rotatable bonds is 4. The summed E-state index contributed by atoms with van der Waals surface area (Å²) >= 11 is 1.29. The van der Waals surface area contributed by atoms with Crippen LogP contribution in [0, 0.1) is 0 Å². The number of ether oxygens (including phenoxy) is 1. The Bertz CT molecular complexity index is 358. The summed E-state index contributed by atoms with van der Waals surface area (Å²) in [5.41, 5.74) is 3.57. The lowest BCUT2D eigenvalue weighted by Crippen LogP contribution is -2.48. The van der Waals surface area contributed by atoms with Crippen LogP contribution in [0.15, 0.2) is 0 Å². The van der Waals surface area contributed by atoms with E-state index < -0.39 is 0 Å². The molecule has 0 amide bonds. The van der Waals surface area contributed by atoms with Gasteiger partial charge < -0.3 is 10.2 Å². The van der Waals surface area contributed by atoms with Crippen molar-refractivity contribution in [2.75, 3.05) is 18.6 Å². The van der Waals surface area contributed by atoms with Gasteiger partial charge in [-0.05, 0) is 13.3 Å². The van der Waals surface area contributed by atoms with E-state index in [0.29, 0.717) is 6.04 Å². The second kappa shape index (κ2) is 5.72. The average molecular weight is 257 g/mol. The third-order valence-corrected chi connectivity index (χ3v) is 3.79. The highest BCUT2D eigenvalue weighted by molar-refractivity contribution is 7.10. The molecule has 1 aliphatic rings. The quantitative estimate of drug-likeness (QED) is 0.614. The summed E-state index contributed by atoms with van der Waals surface area (Å²) in [5, 5.41) is 4.96. The minimum absolute atomic E-state index is 0.277. The van der Waals surface area contributed by atoms with Gasteiger partial charge in [0.15, 0.2) is 0 Å². The van der Waals surface area contributed by atoms with Crippen molar-refractivity contribution in [3.8, 4) is 0 Å². The highest BCUT2D eigenvalue weighted by Gasteiger charge is 2.26. The van der Waals surface area contributed by atoms with Crippen molar-refractivity contribution in [3.63, 3.8) is 0 Å². The molecule has 1 aromatic heterocycles. The van der Waals surface area contributed by atoms with Crippen LogP contribution in [0.1, 0.15) is 26.0 Å². The van der Waals surface area contributed by atoms with E-state index in [1.54, 1.807) is 0 Å². The van der Waals surface area contributed by atoms with Crippen LogP contribution >= 0.6 is 11.5 Å². The molecular weight excluding hydrogens is 238 g/mol. The van der Waals surface area contributed by atoms with Gasteiger partial charge in [0, 0.05) is 30.7 Å². The Morgan fingerprint density at radius 2 is 2.47 bits per heavy atom. The summed E-state index contributed by atoms with van der Waals surface area (Å²) in [6, 6.07) is 0.457. The molecule has 1 saturated heterocycles. The smallest absolute Gasteiger partial charge is 0.148 e. The number of nitrogen functional groups attached to an aromatic ring is 1. The van der Waals surface area contributed by atoms with Crippen molar-refractivity contribution < 1.29 is 4.74 Å². The highest BCUT2D eigenvalue weighted by atomic mass is 32.1. The topological polar surface area (TPSA) is 76.3 Å². The van der Waals surface area contributed by atoms with E-state index in [0.717, 1.165) is 36.8 Å². The molecule has 0 aliphatic carbocycles. The molecule has 1 aromatic rings. The summed E-state index contributed by atoms with van der Waals surface area (Å²) in [5.74, 6) is 5.43. The first-order valence-electron chi connectivity index (χ1n) is 5.88. The standard InChI is InChI=1S/C10H19N5OS/c1-3-8-6-16-7(2)4-15(8)5-9-10(12-11)17-14-13-9/h7-8,12H,3-6,11H2,1-2H3. The number of hydrazine groups is 1. The number of anilines is 1. The minimum atomic E-state index is 0.277. The zero-order valence-electron chi connectivity index (χ0n) is 10.2. The highest BCUT2D eigenvalue weighted by Crippen LogP contribution is 2.22. The predicted octanol–water partition coefficient (Wildman–Crippen LogP) is 0.823. The molecule has 0 spiro atoms. The molecule has 1 aliphatic heterocycles. The molecular formula is C10H19N5OS. The number of hydrogen-bond acceptors (Lipinski definition) is 7. The van der Waals surface area contributed by atoms with Crippen molar-refractivity contribution >= 4 is 16.5 Å². The molecule has 0 aromatic carbocycles. The first kappa shape index (κ1) is 12.7. The summed E-state index contributed by atoms with van der Waals surface area (Å²) in [4.78, 5) is 2.39. The molecule has 2 atom stereocenters. The van der Waals surface area contributed by atoms with Crippen molar-refractivity contribution in [1.82, 2.24) is 14.5 Å². The van der Waals surface area contributed by atoms with Gasteiger partial charge in [-0.25, -0.2) is 5.84 Å². The summed E-state index contributed by atoms with van der Waals surface area (Å²) in [6.45, 7) is 6.78. The Balaban J connectivity index is 2.05. The lowest BCUT2D eigenvalue weighted by molar-refractivity contribution is -0.0595. The lowest BCUT2D eigenvalue weighted by atomic mass is 10.1. The molecule has 7 heteroatoms. The average Bonchev–Trinajstić information content (AvgIpc) is 2.77. The molecule has 1 fully saturated rings. The molecule has 0 saturated carbocycles. The minimum Gasteiger partial charge on any atom is -0.376 e. The predicted molar refractivity (Wildman–Crippen MR) is 67.6 cm³/mol. The Labute approximate surface area is 105 Å². The Morgan fingerprint density at radius 3 is 3.18 bits per heavy atom. The van der Waals surface area contributed by atoms with E-state index >= 15 is 0 Å². The Kier molecular flexibility index (Phi) is 4.27. The van der Waals surface area contributed by atoms with Crippen molar-refractivity contribution in [1.29, 1.82) is 0 Å². The van der Waals surface area contributed by atoms with Crippen molar-refractivity contribution in [2.45, 2.75) is 39.0 Å². The molecule has 2 rings (SSSR count). The van der Waals surface area contributed by atoms with Gasteiger partial charge in [-0.1, -0.05) is 11.4 Å². The molecule has 0 bridgehead atoms. The normalized spacial score (nSPS) is 26.1. The summed E-state index contributed by atoms with van der Waals surface area (Å²) in [7, 11) is 0. The monoisotopic (exact) mass is 257 g/mol. The molecule has 3 N–H and O–H groups in total. The third kappa shape index (κ3) is 2.92. The zero-order chi connectivity index (χ0) is 12.3. The SMILES string of the molecule is CCC1COC(C)CN1Cc1nnsc1NN. The largest absolute Gasteiger partial charge is 0.376 e. The van der Waals surface area contributed by atoms with Crippen molar-refractivity contribution in [2.24, 2.45) is 5.84 Å². The van der Waals surface area contributed by atoms with E-state index in [2.05, 4.69) is 33.8 Å². The van der Waals surface area contributed by atoms with Crippen molar-refractivity contribution in [3.05, 3.63) is 5.69 Å². The number of nitrogens with two attached hydrogens (primary N) is 1. The molecule has 2 heterocycles. The fourth-order valence-electron chi connectivity index (χ4n) is 2.10. The van der Waals surface area contributed by atoms with Gasteiger partial charge in [0.25, 0.3) is 0 Å². The zero-order valence-corrected chi connectivity index (χ0v) is 11.0. The van der Waals surface area contributed by atoms with Crippen LogP contribution in [0.3, 0.4) is 0 Å². The van der Waals surface area contributed by atoms with E-state index in [-0.39, 0.29) is 6.10 Å². The molecule has 96 valence electrons. The van der Waals surface area contributed by atoms with Crippen LogP contribution < -0.4 is 11.3 Å². The third-order valence-electron chi connectivity index (χ3n) is 3.09. The van der Waals surface area contributed by atoms with Crippen LogP contribution in [0.2, 0.25) is 0 Å². The van der Waals surface area contributed by atoms with Gasteiger partial charge in [-0.15, -0.1) is 5.10 Å². The number of hydrogen-bond donors (Lipinski definition) is 2. The van der Waals surface area contributed by atoms with Gasteiger partial charge in [0.1, 0.15) is 10.7 Å². The van der Waals surface area contributed by atoms with E-state index in [4.69, 9.17) is 10.6 Å². The number of aromatic nitrogens is 2. The Hall–Kier alpha value is -0.760. The van der Waals surface area contributed by atoms with Gasteiger partial charge in [0.05, 0.1) is 12.7 Å². The number of nitrogens with zero attached hydrogens (tertiary/aromatic N) is 3. The Morgan fingerprint density at radius 1 is 1.65 bits per heavy atom. The van der Waals surface area contributed by atoms with Crippen LogP contribution in [-0.4, -0.2) is 39.8 Å². The lowest BCUT2D eigenvalue weighted by Gasteiger charge is -2.37. The van der Waals surface area contributed by atoms with E-state index in [9.17, 15) is 0 Å². The van der Waals surface area contributed by atoms with Crippen LogP contribution in [0.4, 0.5) is 5.00 Å². The van der Waals surface area contributed by atoms with Gasteiger partial charge in [0.2, 0.25) is 0 Å². The van der Waals surface area contributed by atoms with Gasteiger partial charge in [-0.3, -0.25) is 4.90 Å². The van der Waals surface area contributed by atoms with Crippen LogP contribution in [0.25, 0.3) is 0 Å². The van der Waals surface area contributed by atoms with Crippen LogP contribution in [-0.2, 0) is 11.3 Å². The maximum Gasteiger partial charge on any atom is 0.148 e. The molecule has 2 unspecified atom stereocenters. The maximum atomic E-state index is 5.67. The van der Waals surface area contributed by atoms with Gasteiger partial charge in [-0.2, -0.15) is 0 Å². The number of morpholine rings is 1. The first-order chi connectivity index (χ1) is 8.24. The van der Waals surface area contributed by atoms with E-state index in [1.807, 2.05) is 0 Å². The molecule has 17 heavy (non-hydrogen) atoms. The summed E-state index contributed by atoms with van der Waals surface area (Å²) < 4.78 is 9.59. The molecule has 6 nitrogen and oxygen atoms in total. The fourth-order valence-corrected chi connectivity index (χ4v) is 2.58. The second-order valence-electron chi connectivity index (χ2n) is 4.33. The van der Waals surface area contributed by atoms with Gasteiger partial charge >= 0.3 is 0 Å².